The largest absolute Gasteiger partial charge is 0.497 e. The lowest BCUT2D eigenvalue weighted by Crippen LogP contribution is -2.21. The van der Waals surface area contributed by atoms with Gasteiger partial charge in [0.15, 0.2) is 0 Å². The van der Waals surface area contributed by atoms with Crippen molar-refractivity contribution < 1.29 is 9.84 Å². The van der Waals surface area contributed by atoms with E-state index in [4.69, 9.17) is 4.74 Å². The van der Waals surface area contributed by atoms with Gasteiger partial charge < -0.3 is 9.84 Å². The zero-order valence-corrected chi connectivity index (χ0v) is 11.6. The Bertz CT molecular complexity index is 517. The Morgan fingerprint density at radius 2 is 1.94 bits per heavy atom. The molecule has 0 fully saturated rings. The summed E-state index contributed by atoms with van der Waals surface area (Å²) >= 11 is 1.58. The van der Waals surface area contributed by atoms with Gasteiger partial charge in [0.1, 0.15) is 10.8 Å². The van der Waals surface area contributed by atoms with Crippen LogP contribution in [0.25, 0.3) is 11.3 Å². The minimum absolute atomic E-state index is 0.0998. The summed E-state index contributed by atoms with van der Waals surface area (Å²) in [6, 6.07) is 7.82. The molecule has 0 aliphatic carbocycles. The second-order valence-corrected chi connectivity index (χ2v) is 5.67. The standard InChI is InChI=1S/C14H17NO2S/c1-14(2,9-16)13-15-12(8-18-13)10-4-6-11(17-3)7-5-10/h4-8,16H,9H2,1-3H3. The molecule has 1 aromatic heterocycles. The summed E-state index contributed by atoms with van der Waals surface area (Å²) < 4.78 is 5.13. The SMILES string of the molecule is COc1ccc(-c2csc(C(C)(C)CO)n2)cc1. The predicted octanol–water partition coefficient (Wildman–Crippen LogP) is 3.09. The summed E-state index contributed by atoms with van der Waals surface area (Å²) in [4.78, 5) is 4.60. The molecule has 2 aromatic rings. The van der Waals surface area contributed by atoms with Crippen molar-refractivity contribution in [3.05, 3.63) is 34.7 Å². The van der Waals surface area contributed by atoms with Crippen LogP contribution < -0.4 is 4.74 Å². The molecule has 0 aliphatic rings. The molecule has 18 heavy (non-hydrogen) atoms. The first kappa shape index (κ1) is 13.1. The highest BCUT2D eigenvalue weighted by molar-refractivity contribution is 7.10. The fourth-order valence-corrected chi connectivity index (χ4v) is 2.49. The van der Waals surface area contributed by atoms with Crippen LogP contribution in [-0.2, 0) is 5.41 Å². The number of benzene rings is 1. The first-order valence-corrected chi connectivity index (χ1v) is 6.66. The highest BCUT2D eigenvalue weighted by atomic mass is 32.1. The molecule has 0 amide bonds. The summed E-state index contributed by atoms with van der Waals surface area (Å²) in [5.74, 6) is 0.838. The molecule has 0 unspecified atom stereocenters. The first-order chi connectivity index (χ1) is 8.56. The van der Waals surface area contributed by atoms with Crippen LogP contribution in [0.4, 0.5) is 0 Å². The maximum absolute atomic E-state index is 9.35. The number of aliphatic hydroxyl groups excluding tert-OH is 1. The van der Waals surface area contributed by atoms with Gasteiger partial charge in [0.05, 0.1) is 19.4 Å². The van der Waals surface area contributed by atoms with E-state index in [9.17, 15) is 5.11 Å². The molecule has 0 saturated carbocycles. The predicted molar refractivity (Wildman–Crippen MR) is 74.2 cm³/mol. The van der Waals surface area contributed by atoms with E-state index in [2.05, 4.69) is 4.98 Å². The van der Waals surface area contributed by atoms with Crippen molar-refractivity contribution in [2.24, 2.45) is 0 Å². The molecule has 1 N–H and O–H groups in total. The van der Waals surface area contributed by atoms with Crippen LogP contribution in [0.15, 0.2) is 29.6 Å². The van der Waals surface area contributed by atoms with Crippen molar-refractivity contribution in [3.8, 4) is 17.0 Å². The Kier molecular flexibility index (Phi) is 3.68. The first-order valence-electron chi connectivity index (χ1n) is 5.78. The molecule has 0 saturated heterocycles. The summed E-state index contributed by atoms with van der Waals surface area (Å²) in [7, 11) is 1.65. The topological polar surface area (TPSA) is 42.4 Å². The van der Waals surface area contributed by atoms with Crippen molar-refractivity contribution in [2.75, 3.05) is 13.7 Å². The Balaban J connectivity index is 2.29. The number of hydrogen-bond acceptors (Lipinski definition) is 4. The lowest BCUT2D eigenvalue weighted by molar-refractivity contribution is 0.218. The van der Waals surface area contributed by atoms with Gasteiger partial charge in [-0.15, -0.1) is 11.3 Å². The minimum Gasteiger partial charge on any atom is -0.497 e. The quantitative estimate of drug-likeness (QED) is 0.921. The average molecular weight is 263 g/mol. The molecular formula is C14H17NO2S. The van der Waals surface area contributed by atoms with Gasteiger partial charge in [0.2, 0.25) is 0 Å². The number of ether oxygens (including phenoxy) is 1. The van der Waals surface area contributed by atoms with E-state index >= 15 is 0 Å². The third-order valence-corrected chi connectivity index (χ3v) is 4.07. The van der Waals surface area contributed by atoms with E-state index in [1.807, 2.05) is 43.5 Å². The molecule has 2 rings (SSSR count). The van der Waals surface area contributed by atoms with Gasteiger partial charge in [-0.3, -0.25) is 0 Å². The van der Waals surface area contributed by atoms with Crippen molar-refractivity contribution in [3.63, 3.8) is 0 Å². The number of aliphatic hydroxyl groups is 1. The fourth-order valence-electron chi connectivity index (χ4n) is 1.55. The zero-order chi connectivity index (χ0) is 13.2. The third kappa shape index (κ3) is 2.54. The van der Waals surface area contributed by atoms with Gasteiger partial charge in [-0.25, -0.2) is 4.98 Å². The third-order valence-electron chi connectivity index (χ3n) is 2.86. The molecule has 0 radical (unpaired) electrons. The smallest absolute Gasteiger partial charge is 0.118 e. The molecule has 0 aliphatic heterocycles. The van der Waals surface area contributed by atoms with Crippen LogP contribution in [0.1, 0.15) is 18.9 Å². The monoisotopic (exact) mass is 263 g/mol. The van der Waals surface area contributed by atoms with Crippen LogP contribution in [0, 0.1) is 0 Å². The van der Waals surface area contributed by atoms with Crippen LogP contribution in [-0.4, -0.2) is 23.8 Å². The minimum atomic E-state index is -0.282. The molecule has 4 heteroatoms. The van der Waals surface area contributed by atoms with Gasteiger partial charge in [0, 0.05) is 16.4 Å². The Morgan fingerprint density at radius 1 is 1.28 bits per heavy atom. The highest BCUT2D eigenvalue weighted by Gasteiger charge is 2.23. The number of methoxy groups -OCH3 is 1. The van der Waals surface area contributed by atoms with Crippen LogP contribution in [0.5, 0.6) is 5.75 Å². The average Bonchev–Trinajstić information content (AvgIpc) is 2.89. The van der Waals surface area contributed by atoms with E-state index in [0.29, 0.717) is 0 Å². The molecule has 96 valence electrons. The van der Waals surface area contributed by atoms with E-state index in [1.54, 1.807) is 18.4 Å². The lowest BCUT2D eigenvalue weighted by Gasteiger charge is -2.17. The molecule has 3 nitrogen and oxygen atoms in total. The second kappa shape index (κ2) is 5.08. The van der Waals surface area contributed by atoms with E-state index in [0.717, 1.165) is 22.0 Å². The summed E-state index contributed by atoms with van der Waals surface area (Å²) in [5.41, 5.74) is 1.72. The van der Waals surface area contributed by atoms with Gasteiger partial charge in [0.25, 0.3) is 0 Å². The molecule has 1 heterocycles. The number of rotatable bonds is 4. The Morgan fingerprint density at radius 3 is 2.50 bits per heavy atom. The van der Waals surface area contributed by atoms with Crippen LogP contribution >= 0.6 is 11.3 Å². The summed E-state index contributed by atoms with van der Waals surface area (Å²) in [6.07, 6.45) is 0. The number of nitrogens with zero attached hydrogens (tertiary/aromatic N) is 1. The number of hydrogen-bond donors (Lipinski definition) is 1. The van der Waals surface area contributed by atoms with E-state index in [1.165, 1.54) is 0 Å². The maximum Gasteiger partial charge on any atom is 0.118 e. The fraction of sp³-hybridized carbons (Fsp3) is 0.357. The maximum atomic E-state index is 9.35. The van der Waals surface area contributed by atoms with Gasteiger partial charge in [-0.1, -0.05) is 13.8 Å². The number of aromatic nitrogens is 1. The Hall–Kier alpha value is -1.39. The summed E-state index contributed by atoms with van der Waals surface area (Å²) in [5, 5.41) is 12.3. The Labute approximate surface area is 111 Å². The zero-order valence-electron chi connectivity index (χ0n) is 10.8. The van der Waals surface area contributed by atoms with Gasteiger partial charge in [-0.05, 0) is 24.3 Å². The van der Waals surface area contributed by atoms with Crippen molar-refractivity contribution >= 4 is 11.3 Å². The van der Waals surface area contributed by atoms with Crippen molar-refractivity contribution in [1.82, 2.24) is 4.98 Å². The van der Waals surface area contributed by atoms with Gasteiger partial charge >= 0.3 is 0 Å². The highest BCUT2D eigenvalue weighted by Crippen LogP contribution is 2.30. The van der Waals surface area contributed by atoms with Crippen LogP contribution in [0.3, 0.4) is 0 Å². The van der Waals surface area contributed by atoms with E-state index < -0.39 is 0 Å². The van der Waals surface area contributed by atoms with Gasteiger partial charge in [-0.2, -0.15) is 0 Å². The summed E-state index contributed by atoms with van der Waals surface area (Å²) in [6.45, 7) is 4.08. The second-order valence-electron chi connectivity index (χ2n) is 4.81. The van der Waals surface area contributed by atoms with Crippen molar-refractivity contribution in [2.45, 2.75) is 19.3 Å². The van der Waals surface area contributed by atoms with Crippen molar-refractivity contribution in [1.29, 1.82) is 0 Å². The normalized spacial score (nSPS) is 11.6. The molecule has 0 spiro atoms. The van der Waals surface area contributed by atoms with Crippen LogP contribution in [0.2, 0.25) is 0 Å². The molecule has 1 aromatic carbocycles. The molecular weight excluding hydrogens is 246 g/mol. The van der Waals surface area contributed by atoms with E-state index in [-0.39, 0.29) is 12.0 Å². The number of thiazole rings is 1. The lowest BCUT2D eigenvalue weighted by atomic mass is 9.96. The molecule has 0 bridgehead atoms. The molecule has 0 atom stereocenters.